The fourth-order valence-electron chi connectivity index (χ4n) is 1.92. The Kier molecular flexibility index (Phi) is 3.04. The third-order valence-electron chi connectivity index (χ3n) is 2.75. The van der Waals surface area contributed by atoms with Gasteiger partial charge in [-0.3, -0.25) is 0 Å². The molecule has 1 N–H and O–H groups in total. The molecule has 0 saturated heterocycles. The highest BCUT2D eigenvalue weighted by molar-refractivity contribution is 5.41. The van der Waals surface area contributed by atoms with Crippen molar-refractivity contribution in [2.24, 2.45) is 0 Å². The predicted octanol–water partition coefficient (Wildman–Crippen LogP) is 1.90. The van der Waals surface area contributed by atoms with Gasteiger partial charge in [-0.25, -0.2) is 4.98 Å². The van der Waals surface area contributed by atoms with Crippen LogP contribution in [-0.2, 0) is 0 Å². The molecule has 1 aliphatic rings. The minimum absolute atomic E-state index is 0.606. The van der Waals surface area contributed by atoms with Gasteiger partial charge in [-0.1, -0.05) is 12.8 Å². The van der Waals surface area contributed by atoms with Crippen molar-refractivity contribution in [3.05, 3.63) is 12.3 Å². The van der Waals surface area contributed by atoms with Crippen molar-refractivity contribution in [1.82, 2.24) is 9.97 Å². The predicted molar refractivity (Wildman–Crippen MR) is 62.2 cm³/mol. The fraction of sp³-hybridized carbons (Fsp3) is 0.636. The average Bonchev–Trinajstić information content (AvgIpc) is 2.71. The molecule has 1 heterocycles. The molecule has 4 heteroatoms. The van der Waals surface area contributed by atoms with Crippen LogP contribution in [0, 0.1) is 0 Å². The molecule has 1 fully saturated rings. The van der Waals surface area contributed by atoms with E-state index in [1.165, 1.54) is 25.7 Å². The molecule has 1 aromatic heterocycles. The second-order valence-corrected chi connectivity index (χ2v) is 4.26. The first-order valence-corrected chi connectivity index (χ1v) is 5.52. The first-order chi connectivity index (χ1) is 7.25. The summed E-state index contributed by atoms with van der Waals surface area (Å²) < 4.78 is 0. The molecule has 4 nitrogen and oxygen atoms in total. The molecular formula is C11H18N4. The first-order valence-electron chi connectivity index (χ1n) is 5.52. The quantitative estimate of drug-likeness (QED) is 0.820. The Labute approximate surface area is 90.7 Å². The van der Waals surface area contributed by atoms with Gasteiger partial charge in [0.15, 0.2) is 0 Å². The maximum absolute atomic E-state index is 4.44. The molecular weight excluding hydrogens is 188 g/mol. The maximum Gasteiger partial charge on any atom is 0.226 e. The lowest BCUT2D eigenvalue weighted by atomic mass is 10.2. The Balaban J connectivity index is 2.04. The SMILES string of the molecule is CN(C)c1nccc(NC2CCCC2)n1. The summed E-state index contributed by atoms with van der Waals surface area (Å²) in [4.78, 5) is 10.5. The van der Waals surface area contributed by atoms with E-state index in [9.17, 15) is 0 Å². The Hall–Kier alpha value is -1.32. The summed E-state index contributed by atoms with van der Waals surface area (Å²) in [5, 5.41) is 3.46. The topological polar surface area (TPSA) is 41.1 Å². The third kappa shape index (κ3) is 2.58. The molecule has 0 atom stereocenters. The van der Waals surface area contributed by atoms with Crippen molar-refractivity contribution in [1.29, 1.82) is 0 Å². The average molecular weight is 206 g/mol. The maximum atomic E-state index is 4.44. The Bertz CT molecular complexity index is 318. The van der Waals surface area contributed by atoms with Crippen LogP contribution in [0.4, 0.5) is 11.8 Å². The highest BCUT2D eigenvalue weighted by Crippen LogP contribution is 2.21. The van der Waals surface area contributed by atoms with Gasteiger partial charge in [-0.05, 0) is 18.9 Å². The van der Waals surface area contributed by atoms with Crippen LogP contribution in [0.15, 0.2) is 12.3 Å². The lowest BCUT2D eigenvalue weighted by Crippen LogP contribution is -2.18. The van der Waals surface area contributed by atoms with Crippen molar-refractivity contribution in [3.8, 4) is 0 Å². The van der Waals surface area contributed by atoms with Crippen molar-refractivity contribution in [2.75, 3.05) is 24.3 Å². The van der Waals surface area contributed by atoms with Crippen LogP contribution in [0.1, 0.15) is 25.7 Å². The minimum atomic E-state index is 0.606. The van der Waals surface area contributed by atoms with Gasteiger partial charge in [-0.2, -0.15) is 4.98 Å². The minimum Gasteiger partial charge on any atom is -0.367 e. The molecule has 0 spiro atoms. The van der Waals surface area contributed by atoms with Gasteiger partial charge in [0.1, 0.15) is 5.82 Å². The molecule has 15 heavy (non-hydrogen) atoms. The summed E-state index contributed by atoms with van der Waals surface area (Å²) >= 11 is 0. The summed E-state index contributed by atoms with van der Waals surface area (Å²) in [5.41, 5.74) is 0. The van der Waals surface area contributed by atoms with E-state index in [1.807, 2.05) is 25.1 Å². The summed E-state index contributed by atoms with van der Waals surface area (Å²) in [7, 11) is 3.91. The lowest BCUT2D eigenvalue weighted by Gasteiger charge is -2.15. The van der Waals surface area contributed by atoms with E-state index in [4.69, 9.17) is 0 Å². The van der Waals surface area contributed by atoms with Crippen molar-refractivity contribution >= 4 is 11.8 Å². The van der Waals surface area contributed by atoms with Gasteiger partial charge in [0.2, 0.25) is 5.95 Å². The van der Waals surface area contributed by atoms with Gasteiger partial charge < -0.3 is 10.2 Å². The highest BCUT2D eigenvalue weighted by Gasteiger charge is 2.15. The number of aromatic nitrogens is 2. The molecule has 0 aliphatic heterocycles. The molecule has 82 valence electrons. The second kappa shape index (κ2) is 4.47. The number of rotatable bonds is 3. The van der Waals surface area contributed by atoms with Crippen LogP contribution in [0.25, 0.3) is 0 Å². The molecule has 1 saturated carbocycles. The summed E-state index contributed by atoms with van der Waals surface area (Å²) in [5.74, 6) is 1.71. The van der Waals surface area contributed by atoms with Crippen LogP contribution in [0.2, 0.25) is 0 Å². The largest absolute Gasteiger partial charge is 0.367 e. The van der Waals surface area contributed by atoms with Crippen LogP contribution in [0.3, 0.4) is 0 Å². The summed E-state index contributed by atoms with van der Waals surface area (Å²) in [6, 6.07) is 2.54. The Morgan fingerprint density at radius 1 is 1.33 bits per heavy atom. The van der Waals surface area contributed by atoms with Gasteiger partial charge in [-0.15, -0.1) is 0 Å². The van der Waals surface area contributed by atoms with E-state index in [1.54, 1.807) is 6.20 Å². The first kappa shape index (κ1) is 10.2. The fourth-order valence-corrected chi connectivity index (χ4v) is 1.92. The van der Waals surface area contributed by atoms with E-state index in [2.05, 4.69) is 15.3 Å². The zero-order valence-electron chi connectivity index (χ0n) is 9.40. The molecule has 0 radical (unpaired) electrons. The Morgan fingerprint density at radius 2 is 2.07 bits per heavy atom. The van der Waals surface area contributed by atoms with Crippen molar-refractivity contribution < 1.29 is 0 Å². The third-order valence-corrected chi connectivity index (χ3v) is 2.75. The van der Waals surface area contributed by atoms with Gasteiger partial charge in [0.05, 0.1) is 0 Å². The van der Waals surface area contributed by atoms with Crippen LogP contribution in [-0.4, -0.2) is 30.1 Å². The van der Waals surface area contributed by atoms with Crippen LogP contribution < -0.4 is 10.2 Å². The number of nitrogens with zero attached hydrogens (tertiary/aromatic N) is 3. The molecule has 0 bridgehead atoms. The van der Waals surface area contributed by atoms with Crippen molar-refractivity contribution in [3.63, 3.8) is 0 Å². The van der Waals surface area contributed by atoms with E-state index in [0.717, 1.165) is 11.8 Å². The smallest absolute Gasteiger partial charge is 0.226 e. The van der Waals surface area contributed by atoms with Gasteiger partial charge in [0, 0.05) is 26.3 Å². The number of anilines is 2. The molecule has 0 amide bonds. The zero-order valence-corrected chi connectivity index (χ0v) is 9.40. The standard InChI is InChI=1S/C11H18N4/c1-15(2)11-12-8-7-10(14-11)13-9-5-3-4-6-9/h7-9H,3-6H2,1-2H3,(H,12,13,14). The van der Waals surface area contributed by atoms with E-state index < -0.39 is 0 Å². The lowest BCUT2D eigenvalue weighted by molar-refractivity contribution is 0.749. The monoisotopic (exact) mass is 206 g/mol. The van der Waals surface area contributed by atoms with E-state index >= 15 is 0 Å². The number of hydrogen-bond donors (Lipinski definition) is 1. The summed E-state index contributed by atoms with van der Waals surface area (Å²) in [6.45, 7) is 0. The second-order valence-electron chi connectivity index (χ2n) is 4.26. The molecule has 2 rings (SSSR count). The van der Waals surface area contributed by atoms with Crippen LogP contribution in [0.5, 0.6) is 0 Å². The van der Waals surface area contributed by atoms with Gasteiger partial charge in [0.25, 0.3) is 0 Å². The molecule has 0 aromatic carbocycles. The van der Waals surface area contributed by atoms with Crippen molar-refractivity contribution in [2.45, 2.75) is 31.7 Å². The molecule has 1 aromatic rings. The van der Waals surface area contributed by atoms with E-state index in [-0.39, 0.29) is 0 Å². The highest BCUT2D eigenvalue weighted by atomic mass is 15.2. The number of hydrogen-bond acceptors (Lipinski definition) is 4. The Morgan fingerprint density at radius 3 is 2.73 bits per heavy atom. The van der Waals surface area contributed by atoms with Gasteiger partial charge >= 0.3 is 0 Å². The normalized spacial score (nSPS) is 16.7. The van der Waals surface area contributed by atoms with Crippen LogP contribution >= 0.6 is 0 Å². The number of nitrogens with one attached hydrogen (secondary N) is 1. The zero-order chi connectivity index (χ0) is 10.7. The molecule has 1 aliphatic carbocycles. The summed E-state index contributed by atoms with van der Waals surface area (Å²) in [6.07, 6.45) is 7.01. The molecule has 0 unspecified atom stereocenters. The van der Waals surface area contributed by atoms with E-state index in [0.29, 0.717) is 6.04 Å².